The quantitative estimate of drug-likeness (QED) is 0.685. The van der Waals surface area contributed by atoms with Gasteiger partial charge in [-0.05, 0) is 31.7 Å². The van der Waals surface area contributed by atoms with Crippen LogP contribution in [0.25, 0.3) is 0 Å². The van der Waals surface area contributed by atoms with Gasteiger partial charge in [-0.1, -0.05) is 28.8 Å². The van der Waals surface area contributed by atoms with Gasteiger partial charge >= 0.3 is 5.97 Å². The number of esters is 1. The van der Waals surface area contributed by atoms with Crippen LogP contribution < -0.4 is 5.56 Å². The lowest BCUT2D eigenvalue weighted by Gasteiger charge is -2.17. The number of hydrogen-bond acceptors (Lipinski definition) is 3. The van der Waals surface area contributed by atoms with E-state index in [0.717, 1.165) is 12.8 Å². The van der Waals surface area contributed by atoms with Gasteiger partial charge in [0.05, 0.1) is 12.7 Å². The fourth-order valence-corrected chi connectivity index (χ4v) is 3.54. The molecule has 0 bridgehead atoms. The van der Waals surface area contributed by atoms with E-state index in [2.05, 4.69) is 20.9 Å². The molecule has 0 aromatic carbocycles. The molecule has 1 aromatic heterocycles. The van der Waals surface area contributed by atoms with Gasteiger partial charge in [0.2, 0.25) is 0 Å². The third-order valence-corrected chi connectivity index (χ3v) is 5.02. The molecule has 104 valence electrons. The highest BCUT2D eigenvalue weighted by Crippen LogP contribution is 2.40. The summed E-state index contributed by atoms with van der Waals surface area (Å²) in [6.07, 6.45) is 4.66. The van der Waals surface area contributed by atoms with E-state index < -0.39 is 5.97 Å². The Kier molecular flexibility index (Phi) is 4.45. The second-order valence-electron chi connectivity index (χ2n) is 5.03. The monoisotopic (exact) mass is 327 g/mol. The molecule has 0 saturated heterocycles. The minimum absolute atomic E-state index is 0.00255. The first kappa shape index (κ1) is 14.3. The van der Waals surface area contributed by atoms with Crippen LogP contribution >= 0.6 is 15.9 Å². The SMILES string of the molecule is COC(=O)c1cc(C(Br)C2CCCC2)c(=O)[nH]c1C. The molecule has 5 heteroatoms. The summed E-state index contributed by atoms with van der Waals surface area (Å²) < 4.78 is 4.74. The zero-order valence-electron chi connectivity index (χ0n) is 11.2. The zero-order valence-corrected chi connectivity index (χ0v) is 12.7. The summed E-state index contributed by atoms with van der Waals surface area (Å²) in [5, 5.41) is 0. The molecule has 2 rings (SSSR count). The Hall–Kier alpha value is -1.10. The van der Waals surface area contributed by atoms with Gasteiger partial charge in [0.25, 0.3) is 5.56 Å². The number of aromatic amines is 1. The molecule has 1 aromatic rings. The number of carbonyl (C=O) groups excluding carboxylic acids is 1. The van der Waals surface area contributed by atoms with Crippen molar-refractivity contribution in [2.24, 2.45) is 5.92 Å². The van der Waals surface area contributed by atoms with Crippen LogP contribution in [0.15, 0.2) is 10.9 Å². The van der Waals surface area contributed by atoms with E-state index in [1.54, 1.807) is 13.0 Å². The number of pyridine rings is 1. The average Bonchev–Trinajstić information content (AvgIpc) is 2.91. The molecule has 0 spiro atoms. The lowest BCUT2D eigenvalue weighted by molar-refractivity contribution is 0.0599. The van der Waals surface area contributed by atoms with Crippen LogP contribution in [0.4, 0.5) is 0 Å². The van der Waals surface area contributed by atoms with Gasteiger partial charge in [0.1, 0.15) is 0 Å². The maximum absolute atomic E-state index is 12.1. The maximum Gasteiger partial charge on any atom is 0.339 e. The second kappa shape index (κ2) is 5.90. The van der Waals surface area contributed by atoms with Gasteiger partial charge < -0.3 is 9.72 Å². The number of halogens is 1. The largest absolute Gasteiger partial charge is 0.465 e. The number of hydrogen-bond donors (Lipinski definition) is 1. The number of rotatable bonds is 3. The van der Waals surface area contributed by atoms with E-state index in [1.165, 1.54) is 20.0 Å². The molecular formula is C14H18BrNO3. The molecule has 1 aliphatic rings. The molecule has 1 N–H and O–H groups in total. The van der Waals surface area contributed by atoms with Gasteiger partial charge in [0, 0.05) is 16.1 Å². The lowest BCUT2D eigenvalue weighted by Crippen LogP contribution is -2.21. The molecule has 0 aliphatic heterocycles. The Morgan fingerprint density at radius 2 is 2.11 bits per heavy atom. The number of aryl methyl sites for hydroxylation is 1. The molecular weight excluding hydrogens is 310 g/mol. The number of nitrogens with one attached hydrogen (secondary N) is 1. The Balaban J connectivity index is 2.39. The molecule has 1 fully saturated rings. The Labute approximate surface area is 120 Å². The first-order valence-electron chi connectivity index (χ1n) is 6.50. The number of methoxy groups -OCH3 is 1. The lowest BCUT2D eigenvalue weighted by atomic mass is 9.97. The maximum atomic E-state index is 12.1. The minimum atomic E-state index is -0.416. The van der Waals surface area contributed by atoms with Crippen molar-refractivity contribution in [1.29, 1.82) is 0 Å². The summed E-state index contributed by atoms with van der Waals surface area (Å²) in [6, 6.07) is 1.66. The predicted octanol–water partition coefficient (Wildman–Crippen LogP) is 3.10. The molecule has 0 amide bonds. The van der Waals surface area contributed by atoms with Crippen LogP contribution in [0.3, 0.4) is 0 Å². The van der Waals surface area contributed by atoms with E-state index in [-0.39, 0.29) is 10.4 Å². The van der Waals surface area contributed by atoms with Crippen molar-refractivity contribution in [3.05, 3.63) is 33.2 Å². The highest BCUT2D eigenvalue weighted by molar-refractivity contribution is 9.09. The number of H-pyrrole nitrogens is 1. The van der Waals surface area contributed by atoms with Crippen LogP contribution in [0.2, 0.25) is 0 Å². The fourth-order valence-electron chi connectivity index (χ4n) is 2.67. The van der Waals surface area contributed by atoms with Crippen LogP contribution in [-0.4, -0.2) is 18.1 Å². The molecule has 4 nitrogen and oxygen atoms in total. The van der Waals surface area contributed by atoms with E-state index in [1.807, 2.05) is 0 Å². The van der Waals surface area contributed by atoms with E-state index >= 15 is 0 Å². The molecule has 1 saturated carbocycles. The molecule has 1 unspecified atom stereocenters. The third kappa shape index (κ3) is 2.91. The highest BCUT2D eigenvalue weighted by Gasteiger charge is 2.27. The number of carbonyl (C=O) groups is 1. The van der Waals surface area contributed by atoms with Crippen LogP contribution in [0.1, 0.15) is 52.1 Å². The summed E-state index contributed by atoms with van der Waals surface area (Å²) in [5.74, 6) is 0.0513. The highest BCUT2D eigenvalue weighted by atomic mass is 79.9. The number of aromatic nitrogens is 1. The second-order valence-corrected chi connectivity index (χ2v) is 6.02. The first-order chi connectivity index (χ1) is 9.04. The van der Waals surface area contributed by atoms with Crippen molar-refractivity contribution in [2.75, 3.05) is 7.11 Å². The van der Waals surface area contributed by atoms with Crippen molar-refractivity contribution in [2.45, 2.75) is 37.4 Å². The Morgan fingerprint density at radius 3 is 2.68 bits per heavy atom. The van der Waals surface area contributed by atoms with Crippen molar-refractivity contribution >= 4 is 21.9 Å². The zero-order chi connectivity index (χ0) is 14.0. The van der Waals surface area contributed by atoms with Gasteiger partial charge in [-0.15, -0.1) is 0 Å². The van der Waals surface area contributed by atoms with Gasteiger partial charge in [-0.2, -0.15) is 0 Å². The first-order valence-corrected chi connectivity index (χ1v) is 7.42. The summed E-state index contributed by atoms with van der Waals surface area (Å²) in [5.41, 5.74) is 1.48. The van der Waals surface area contributed by atoms with Crippen molar-refractivity contribution in [3.63, 3.8) is 0 Å². The number of ether oxygens (including phenoxy) is 1. The summed E-state index contributed by atoms with van der Waals surface area (Å²) in [4.78, 5) is 26.5. The molecule has 1 heterocycles. The summed E-state index contributed by atoms with van der Waals surface area (Å²) in [7, 11) is 1.34. The average molecular weight is 328 g/mol. The molecule has 1 aliphatic carbocycles. The van der Waals surface area contributed by atoms with Crippen LogP contribution in [-0.2, 0) is 4.74 Å². The minimum Gasteiger partial charge on any atom is -0.465 e. The predicted molar refractivity (Wildman–Crippen MR) is 76.8 cm³/mol. The Morgan fingerprint density at radius 1 is 1.47 bits per heavy atom. The van der Waals surface area contributed by atoms with Crippen molar-refractivity contribution < 1.29 is 9.53 Å². The topological polar surface area (TPSA) is 59.2 Å². The van der Waals surface area contributed by atoms with Crippen molar-refractivity contribution in [1.82, 2.24) is 4.98 Å². The van der Waals surface area contributed by atoms with E-state index in [4.69, 9.17) is 4.74 Å². The Bertz CT molecular complexity index is 532. The smallest absolute Gasteiger partial charge is 0.339 e. The number of alkyl halides is 1. The van der Waals surface area contributed by atoms with Gasteiger partial charge in [-0.3, -0.25) is 4.79 Å². The van der Waals surface area contributed by atoms with E-state index in [9.17, 15) is 9.59 Å². The van der Waals surface area contributed by atoms with Gasteiger partial charge in [-0.25, -0.2) is 4.79 Å². The molecule has 1 atom stereocenters. The normalized spacial score (nSPS) is 17.4. The standard InChI is InChI=1S/C14H18BrNO3/c1-8-10(14(18)19-2)7-11(13(17)16-8)12(15)9-5-3-4-6-9/h7,9,12H,3-6H2,1-2H3,(H,16,17). The van der Waals surface area contributed by atoms with Crippen LogP contribution in [0, 0.1) is 12.8 Å². The molecule has 0 radical (unpaired) electrons. The summed E-state index contributed by atoms with van der Waals surface area (Å²) >= 11 is 3.62. The van der Waals surface area contributed by atoms with Crippen molar-refractivity contribution in [3.8, 4) is 0 Å². The fraction of sp³-hybridized carbons (Fsp3) is 0.571. The van der Waals surface area contributed by atoms with E-state index in [0.29, 0.717) is 22.7 Å². The molecule has 19 heavy (non-hydrogen) atoms. The summed E-state index contributed by atoms with van der Waals surface area (Å²) in [6.45, 7) is 1.70. The van der Waals surface area contributed by atoms with Gasteiger partial charge in [0.15, 0.2) is 0 Å². The third-order valence-electron chi connectivity index (χ3n) is 3.78. The van der Waals surface area contributed by atoms with Crippen LogP contribution in [0.5, 0.6) is 0 Å².